The highest BCUT2D eigenvalue weighted by molar-refractivity contribution is 7.99. The largest absolute Gasteiger partial charge is 0.376 e. The van der Waals surface area contributed by atoms with E-state index in [1.807, 2.05) is 11.5 Å². The number of aromatic nitrogens is 5. The normalized spacial score (nSPS) is 16.6. The standard InChI is InChI=1S/C17H23ClN6O2S/c1-3-7-19-14(25)11-27-17-21-20-16(15-13(18)10-23(4-2)22-15)24(17)9-12-6-5-8-26-12/h3,10,12H,1,4-9,11H2,2H3,(H,19,25). The van der Waals surface area contributed by atoms with Crippen molar-refractivity contribution in [2.24, 2.45) is 0 Å². The lowest BCUT2D eigenvalue weighted by Gasteiger charge is -2.14. The van der Waals surface area contributed by atoms with Gasteiger partial charge in [-0.2, -0.15) is 5.10 Å². The Kier molecular flexibility index (Phi) is 6.92. The van der Waals surface area contributed by atoms with E-state index in [2.05, 4.69) is 27.2 Å². The summed E-state index contributed by atoms with van der Waals surface area (Å²) >= 11 is 7.70. The number of carbonyl (C=O) groups is 1. The van der Waals surface area contributed by atoms with Gasteiger partial charge in [0.25, 0.3) is 0 Å². The third-order valence-corrected chi connectivity index (χ3v) is 5.40. The minimum Gasteiger partial charge on any atom is -0.376 e. The Hall–Kier alpha value is -1.84. The van der Waals surface area contributed by atoms with E-state index in [0.717, 1.165) is 19.4 Å². The van der Waals surface area contributed by atoms with Crippen LogP contribution in [0.3, 0.4) is 0 Å². The molecule has 1 N–H and O–H groups in total. The first-order valence-corrected chi connectivity index (χ1v) is 10.3. The molecule has 0 aromatic carbocycles. The molecule has 1 aliphatic rings. The fourth-order valence-electron chi connectivity index (χ4n) is 2.80. The van der Waals surface area contributed by atoms with Gasteiger partial charge in [0.15, 0.2) is 11.0 Å². The van der Waals surface area contributed by atoms with E-state index in [-0.39, 0.29) is 17.8 Å². The molecule has 10 heteroatoms. The highest BCUT2D eigenvalue weighted by Crippen LogP contribution is 2.29. The maximum atomic E-state index is 11.9. The van der Waals surface area contributed by atoms with Gasteiger partial charge in [-0.25, -0.2) is 0 Å². The van der Waals surface area contributed by atoms with E-state index in [9.17, 15) is 4.79 Å². The molecule has 0 spiro atoms. The Morgan fingerprint density at radius 3 is 3.07 bits per heavy atom. The third-order valence-electron chi connectivity index (χ3n) is 4.16. The summed E-state index contributed by atoms with van der Waals surface area (Å²) in [6.45, 7) is 8.11. The van der Waals surface area contributed by atoms with Crippen molar-refractivity contribution in [3.63, 3.8) is 0 Å². The number of aryl methyl sites for hydroxylation is 1. The van der Waals surface area contributed by atoms with Gasteiger partial charge < -0.3 is 10.1 Å². The molecule has 1 unspecified atom stereocenters. The van der Waals surface area contributed by atoms with Gasteiger partial charge in [-0.15, -0.1) is 16.8 Å². The molecule has 0 radical (unpaired) electrons. The number of hydrogen-bond acceptors (Lipinski definition) is 6. The molecule has 27 heavy (non-hydrogen) atoms. The van der Waals surface area contributed by atoms with Gasteiger partial charge in [0.1, 0.15) is 5.69 Å². The molecule has 2 aromatic heterocycles. The molecule has 146 valence electrons. The number of thioether (sulfide) groups is 1. The van der Waals surface area contributed by atoms with Crippen LogP contribution < -0.4 is 5.32 Å². The Bertz CT molecular complexity index is 799. The van der Waals surface area contributed by atoms with E-state index in [0.29, 0.717) is 41.3 Å². The number of rotatable bonds is 9. The first kappa shape index (κ1) is 19.9. The zero-order valence-corrected chi connectivity index (χ0v) is 16.8. The Balaban J connectivity index is 1.84. The minimum absolute atomic E-state index is 0.0820. The Morgan fingerprint density at radius 1 is 1.56 bits per heavy atom. The zero-order valence-electron chi connectivity index (χ0n) is 15.2. The summed E-state index contributed by atoms with van der Waals surface area (Å²) in [6.07, 6.45) is 5.54. The van der Waals surface area contributed by atoms with Crippen molar-refractivity contribution in [3.05, 3.63) is 23.9 Å². The summed E-state index contributed by atoms with van der Waals surface area (Å²) in [6, 6.07) is 0. The summed E-state index contributed by atoms with van der Waals surface area (Å²) in [5.41, 5.74) is 0.590. The average Bonchev–Trinajstić information content (AvgIpc) is 3.39. The number of hydrogen-bond donors (Lipinski definition) is 1. The van der Waals surface area contributed by atoms with Crippen molar-refractivity contribution in [2.75, 3.05) is 18.9 Å². The maximum Gasteiger partial charge on any atom is 0.230 e. The molecule has 1 atom stereocenters. The predicted octanol–water partition coefficient (Wildman–Crippen LogP) is 2.39. The van der Waals surface area contributed by atoms with Crippen LogP contribution in [0.1, 0.15) is 19.8 Å². The molecule has 8 nitrogen and oxygen atoms in total. The average molecular weight is 411 g/mol. The molecule has 1 saturated heterocycles. The van der Waals surface area contributed by atoms with Gasteiger partial charge in [0.2, 0.25) is 5.91 Å². The molecule has 0 bridgehead atoms. The van der Waals surface area contributed by atoms with Crippen molar-refractivity contribution >= 4 is 29.3 Å². The lowest BCUT2D eigenvalue weighted by molar-refractivity contribution is -0.118. The Labute approximate surface area is 167 Å². The second-order valence-corrected chi connectivity index (χ2v) is 7.46. The molecule has 0 aliphatic carbocycles. The van der Waals surface area contributed by atoms with Crippen LogP contribution in [0.25, 0.3) is 11.5 Å². The first-order chi connectivity index (χ1) is 13.1. The monoisotopic (exact) mass is 410 g/mol. The van der Waals surface area contributed by atoms with Crippen LogP contribution in [-0.4, -0.2) is 55.5 Å². The fourth-order valence-corrected chi connectivity index (χ4v) is 3.82. The molecular formula is C17H23ClN6O2S. The van der Waals surface area contributed by atoms with Crippen molar-refractivity contribution in [1.29, 1.82) is 0 Å². The predicted molar refractivity (Wildman–Crippen MR) is 105 cm³/mol. The van der Waals surface area contributed by atoms with Gasteiger partial charge >= 0.3 is 0 Å². The lowest BCUT2D eigenvalue weighted by atomic mass is 10.2. The third kappa shape index (κ3) is 4.91. The quantitative estimate of drug-likeness (QED) is 0.504. The van der Waals surface area contributed by atoms with Crippen molar-refractivity contribution < 1.29 is 9.53 Å². The van der Waals surface area contributed by atoms with E-state index in [1.165, 1.54) is 11.8 Å². The van der Waals surface area contributed by atoms with Gasteiger partial charge in [-0.1, -0.05) is 29.4 Å². The van der Waals surface area contributed by atoms with Gasteiger partial charge in [-0.05, 0) is 19.8 Å². The van der Waals surface area contributed by atoms with Crippen molar-refractivity contribution in [2.45, 2.75) is 44.1 Å². The number of amides is 1. The number of halogens is 1. The van der Waals surface area contributed by atoms with Crippen LogP contribution in [0, 0.1) is 0 Å². The fraction of sp³-hybridized carbons (Fsp3) is 0.529. The van der Waals surface area contributed by atoms with E-state index in [1.54, 1.807) is 17.0 Å². The highest BCUT2D eigenvalue weighted by Gasteiger charge is 2.24. The number of ether oxygens (including phenoxy) is 1. The summed E-state index contributed by atoms with van der Waals surface area (Å²) < 4.78 is 9.49. The van der Waals surface area contributed by atoms with Gasteiger partial charge in [0.05, 0.1) is 23.4 Å². The van der Waals surface area contributed by atoms with Crippen LogP contribution >= 0.6 is 23.4 Å². The van der Waals surface area contributed by atoms with E-state index in [4.69, 9.17) is 16.3 Å². The molecule has 2 aromatic rings. The minimum atomic E-state index is -0.0820. The molecule has 0 saturated carbocycles. The van der Waals surface area contributed by atoms with E-state index < -0.39 is 0 Å². The van der Waals surface area contributed by atoms with Crippen LogP contribution in [0.5, 0.6) is 0 Å². The van der Waals surface area contributed by atoms with Crippen molar-refractivity contribution in [3.8, 4) is 11.5 Å². The summed E-state index contributed by atoms with van der Waals surface area (Å²) in [5.74, 6) is 0.757. The second-order valence-electron chi connectivity index (χ2n) is 6.11. The molecular weight excluding hydrogens is 388 g/mol. The van der Waals surface area contributed by atoms with Gasteiger partial charge in [0, 0.05) is 25.9 Å². The highest BCUT2D eigenvalue weighted by atomic mass is 35.5. The molecule has 1 fully saturated rings. The number of nitrogens with one attached hydrogen (secondary N) is 1. The number of carbonyl (C=O) groups excluding carboxylic acids is 1. The molecule has 3 rings (SSSR count). The maximum absolute atomic E-state index is 11.9. The number of nitrogens with zero attached hydrogens (tertiary/aromatic N) is 5. The topological polar surface area (TPSA) is 86.9 Å². The lowest BCUT2D eigenvalue weighted by Crippen LogP contribution is -2.25. The smallest absolute Gasteiger partial charge is 0.230 e. The van der Waals surface area contributed by atoms with E-state index >= 15 is 0 Å². The van der Waals surface area contributed by atoms with Crippen LogP contribution in [0.4, 0.5) is 0 Å². The van der Waals surface area contributed by atoms with Gasteiger partial charge in [-0.3, -0.25) is 14.0 Å². The SMILES string of the molecule is C=CCNC(=O)CSc1nnc(-c2nn(CC)cc2Cl)n1CC1CCCO1. The van der Waals surface area contributed by atoms with Crippen LogP contribution in [0.15, 0.2) is 24.0 Å². The van der Waals surface area contributed by atoms with Crippen molar-refractivity contribution in [1.82, 2.24) is 29.9 Å². The molecule has 1 aliphatic heterocycles. The Morgan fingerprint density at radius 2 is 2.41 bits per heavy atom. The van der Waals surface area contributed by atoms with Crippen LogP contribution in [-0.2, 0) is 22.6 Å². The summed E-state index contributed by atoms with van der Waals surface area (Å²) in [7, 11) is 0. The molecule has 3 heterocycles. The first-order valence-electron chi connectivity index (χ1n) is 8.90. The summed E-state index contributed by atoms with van der Waals surface area (Å²) in [4.78, 5) is 11.9. The second kappa shape index (κ2) is 9.38. The summed E-state index contributed by atoms with van der Waals surface area (Å²) in [5, 5.41) is 17.0. The van der Waals surface area contributed by atoms with Crippen LogP contribution in [0.2, 0.25) is 5.02 Å². The molecule has 1 amide bonds. The zero-order chi connectivity index (χ0) is 19.2.